The molecule has 0 saturated heterocycles. The van der Waals surface area contributed by atoms with E-state index in [0.29, 0.717) is 17.9 Å². The number of hydrazine groups is 1. The molecule has 6 heteroatoms. The van der Waals surface area contributed by atoms with Crippen molar-refractivity contribution in [3.63, 3.8) is 0 Å². The summed E-state index contributed by atoms with van der Waals surface area (Å²) >= 11 is 0. The molecule has 6 nitrogen and oxygen atoms in total. The maximum atomic E-state index is 11.9. The quantitative estimate of drug-likeness (QED) is 0.755. The Balaban J connectivity index is 1.78. The molecule has 0 atom stereocenters. The second-order valence-corrected chi connectivity index (χ2v) is 5.48. The van der Waals surface area contributed by atoms with Crippen molar-refractivity contribution >= 4 is 11.8 Å². The number of rotatable bonds is 7. The lowest BCUT2D eigenvalue weighted by Crippen LogP contribution is -2.42. The molecule has 2 aromatic carbocycles. The molecule has 0 aliphatic rings. The number of hydrogen-bond acceptors (Lipinski definition) is 4. The number of hydrogen-bond donors (Lipinski definition) is 2. The lowest BCUT2D eigenvalue weighted by molar-refractivity contribution is -0.128. The molecule has 0 spiro atoms. The Morgan fingerprint density at radius 3 is 2.04 bits per heavy atom. The van der Waals surface area contributed by atoms with Gasteiger partial charge in [0.15, 0.2) is 0 Å². The minimum Gasteiger partial charge on any atom is -0.497 e. The van der Waals surface area contributed by atoms with Crippen LogP contribution in [0.1, 0.15) is 17.5 Å². The van der Waals surface area contributed by atoms with Gasteiger partial charge in [-0.3, -0.25) is 20.4 Å². The summed E-state index contributed by atoms with van der Waals surface area (Å²) in [6.45, 7) is 0. The monoisotopic (exact) mass is 342 g/mol. The van der Waals surface area contributed by atoms with E-state index in [1.165, 1.54) is 0 Å². The zero-order chi connectivity index (χ0) is 18.1. The van der Waals surface area contributed by atoms with E-state index in [2.05, 4.69) is 10.9 Å². The van der Waals surface area contributed by atoms with E-state index in [4.69, 9.17) is 9.47 Å². The van der Waals surface area contributed by atoms with Crippen molar-refractivity contribution in [2.24, 2.45) is 0 Å². The molecule has 2 N–H and O–H groups in total. The first-order valence-electron chi connectivity index (χ1n) is 7.94. The molecule has 132 valence electrons. The average molecular weight is 342 g/mol. The first-order valence-corrected chi connectivity index (χ1v) is 7.94. The van der Waals surface area contributed by atoms with E-state index in [1.807, 2.05) is 42.5 Å². The topological polar surface area (TPSA) is 76.7 Å². The molecule has 0 aromatic heterocycles. The smallest absolute Gasteiger partial charge is 0.242 e. The normalized spacial score (nSPS) is 10.0. The summed E-state index contributed by atoms with van der Waals surface area (Å²) in [4.78, 5) is 23.7. The van der Waals surface area contributed by atoms with Gasteiger partial charge in [0.25, 0.3) is 0 Å². The van der Waals surface area contributed by atoms with Gasteiger partial charge in [0.1, 0.15) is 11.5 Å². The first-order chi connectivity index (χ1) is 12.1. The van der Waals surface area contributed by atoms with Crippen molar-refractivity contribution in [1.82, 2.24) is 10.9 Å². The molecule has 0 fully saturated rings. The van der Waals surface area contributed by atoms with Crippen LogP contribution in [0.2, 0.25) is 0 Å². The number of nitrogens with one attached hydrogen (secondary N) is 2. The van der Waals surface area contributed by atoms with Gasteiger partial charge >= 0.3 is 0 Å². The van der Waals surface area contributed by atoms with E-state index in [1.54, 1.807) is 20.3 Å². The molecule has 0 saturated carbocycles. The minimum absolute atomic E-state index is 0.216. The van der Waals surface area contributed by atoms with Crippen LogP contribution in [0.25, 0.3) is 0 Å². The van der Waals surface area contributed by atoms with Crippen molar-refractivity contribution in [1.29, 1.82) is 0 Å². The van der Waals surface area contributed by atoms with Crippen molar-refractivity contribution < 1.29 is 19.1 Å². The van der Waals surface area contributed by atoms with E-state index in [9.17, 15) is 9.59 Å². The lowest BCUT2D eigenvalue weighted by Gasteiger charge is -2.09. The Kier molecular flexibility index (Phi) is 6.83. The van der Waals surface area contributed by atoms with Gasteiger partial charge in [-0.05, 0) is 29.7 Å². The van der Waals surface area contributed by atoms with Gasteiger partial charge in [-0.2, -0.15) is 0 Å². The molecule has 2 aromatic rings. The molecule has 2 amide bonds. The molecule has 0 aliphatic heterocycles. The Labute approximate surface area is 147 Å². The molecule has 0 heterocycles. The van der Waals surface area contributed by atoms with Crippen LogP contribution in [-0.2, 0) is 22.4 Å². The van der Waals surface area contributed by atoms with Gasteiger partial charge in [-0.25, -0.2) is 0 Å². The fraction of sp³-hybridized carbons (Fsp3) is 0.263. The lowest BCUT2D eigenvalue weighted by atomic mass is 10.1. The molecular formula is C19H22N2O4. The van der Waals surface area contributed by atoms with Crippen LogP contribution >= 0.6 is 0 Å². The summed E-state index contributed by atoms with van der Waals surface area (Å²) in [5.41, 5.74) is 6.66. The van der Waals surface area contributed by atoms with Crippen molar-refractivity contribution in [2.45, 2.75) is 19.3 Å². The predicted molar refractivity (Wildman–Crippen MR) is 94.3 cm³/mol. The average Bonchev–Trinajstić information content (AvgIpc) is 2.65. The van der Waals surface area contributed by atoms with Gasteiger partial charge in [0.2, 0.25) is 11.8 Å². The summed E-state index contributed by atoms with van der Waals surface area (Å²) in [5, 5.41) is 0. The number of methoxy groups -OCH3 is 2. The standard InChI is InChI=1S/C19H22N2O4/c1-24-16-10-15(11-17(13-16)25-2)8-9-18(22)20-21-19(23)12-14-6-4-3-5-7-14/h3-7,10-11,13H,8-9,12H2,1-2H3,(H,20,22)(H,21,23). The van der Waals surface area contributed by atoms with Crippen molar-refractivity contribution in [3.05, 3.63) is 59.7 Å². The van der Waals surface area contributed by atoms with Crippen LogP contribution in [-0.4, -0.2) is 26.0 Å². The van der Waals surface area contributed by atoms with Gasteiger partial charge in [-0.1, -0.05) is 30.3 Å². The highest BCUT2D eigenvalue weighted by Crippen LogP contribution is 2.23. The number of amides is 2. The second kappa shape index (κ2) is 9.32. The number of aryl methyl sites for hydroxylation is 1. The highest BCUT2D eigenvalue weighted by molar-refractivity contribution is 5.83. The third-order valence-electron chi connectivity index (χ3n) is 3.60. The maximum absolute atomic E-state index is 11.9. The number of carbonyl (C=O) groups is 2. The Morgan fingerprint density at radius 1 is 0.840 bits per heavy atom. The molecule has 0 aliphatic carbocycles. The zero-order valence-corrected chi connectivity index (χ0v) is 14.4. The SMILES string of the molecule is COc1cc(CCC(=O)NNC(=O)Cc2ccccc2)cc(OC)c1. The van der Waals surface area contributed by atoms with E-state index < -0.39 is 0 Å². The fourth-order valence-corrected chi connectivity index (χ4v) is 2.30. The van der Waals surface area contributed by atoms with Crippen LogP contribution in [0.3, 0.4) is 0 Å². The van der Waals surface area contributed by atoms with E-state index in [-0.39, 0.29) is 24.7 Å². The van der Waals surface area contributed by atoms with Crippen LogP contribution in [0.4, 0.5) is 0 Å². The predicted octanol–water partition coefficient (Wildman–Crippen LogP) is 2.03. The summed E-state index contributed by atoms with van der Waals surface area (Å²) in [6, 6.07) is 14.8. The Bertz CT molecular complexity index is 694. The summed E-state index contributed by atoms with van der Waals surface area (Å²) in [6.07, 6.45) is 0.962. The van der Waals surface area contributed by atoms with Crippen LogP contribution < -0.4 is 20.3 Å². The van der Waals surface area contributed by atoms with Gasteiger partial charge in [0.05, 0.1) is 20.6 Å². The fourth-order valence-electron chi connectivity index (χ4n) is 2.30. The molecule has 0 bridgehead atoms. The molecule has 0 radical (unpaired) electrons. The second-order valence-electron chi connectivity index (χ2n) is 5.48. The summed E-state index contributed by atoms with van der Waals surface area (Å²) in [7, 11) is 3.15. The zero-order valence-electron chi connectivity index (χ0n) is 14.4. The molecule has 2 rings (SSSR count). The van der Waals surface area contributed by atoms with Gasteiger partial charge in [-0.15, -0.1) is 0 Å². The van der Waals surface area contributed by atoms with Crippen LogP contribution in [0.5, 0.6) is 11.5 Å². The van der Waals surface area contributed by atoms with Crippen LogP contribution in [0.15, 0.2) is 48.5 Å². The summed E-state index contributed by atoms with van der Waals surface area (Å²) in [5.74, 6) is 0.822. The first kappa shape index (κ1) is 18.3. The van der Waals surface area contributed by atoms with Crippen molar-refractivity contribution in [3.8, 4) is 11.5 Å². The number of benzene rings is 2. The largest absolute Gasteiger partial charge is 0.497 e. The van der Waals surface area contributed by atoms with E-state index in [0.717, 1.165) is 11.1 Å². The third-order valence-corrected chi connectivity index (χ3v) is 3.60. The Morgan fingerprint density at radius 2 is 1.44 bits per heavy atom. The molecular weight excluding hydrogens is 320 g/mol. The molecule has 0 unspecified atom stereocenters. The Hall–Kier alpha value is -3.02. The molecule has 25 heavy (non-hydrogen) atoms. The minimum atomic E-state index is -0.261. The highest BCUT2D eigenvalue weighted by atomic mass is 16.5. The third kappa shape index (κ3) is 6.18. The van der Waals surface area contributed by atoms with E-state index >= 15 is 0 Å². The maximum Gasteiger partial charge on any atom is 0.242 e. The number of ether oxygens (including phenoxy) is 2. The number of carbonyl (C=O) groups excluding carboxylic acids is 2. The van der Waals surface area contributed by atoms with Gasteiger partial charge < -0.3 is 9.47 Å². The highest BCUT2D eigenvalue weighted by Gasteiger charge is 2.08. The van der Waals surface area contributed by atoms with Crippen molar-refractivity contribution in [2.75, 3.05) is 14.2 Å². The van der Waals surface area contributed by atoms with Gasteiger partial charge in [0, 0.05) is 12.5 Å². The summed E-state index contributed by atoms with van der Waals surface area (Å²) < 4.78 is 10.4. The van der Waals surface area contributed by atoms with Crippen LogP contribution in [0, 0.1) is 0 Å².